The molecule has 0 radical (unpaired) electrons. The second-order valence-electron chi connectivity index (χ2n) is 5.49. The van der Waals surface area contributed by atoms with Crippen molar-refractivity contribution in [1.82, 2.24) is 0 Å². The molecule has 19 heavy (non-hydrogen) atoms. The fraction of sp³-hybridized carbons (Fsp3) is 0.786. The highest BCUT2D eigenvalue weighted by Crippen LogP contribution is 2.24. The Kier molecular flexibility index (Phi) is 5.34. The van der Waals surface area contributed by atoms with Gasteiger partial charge in [-0.25, -0.2) is 0 Å². The average molecular weight is 267 g/mol. The van der Waals surface area contributed by atoms with Crippen LogP contribution in [0.4, 0.5) is 0 Å². The normalized spacial score (nSPS) is 24.0. The summed E-state index contributed by atoms with van der Waals surface area (Å²) < 4.78 is 10.4. The van der Waals surface area contributed by atoms with E-state index in [0.717, 1.165) is 0 Å². The maximum atomic E-state index is 11.9. The monoisotopic (exact) mass is 267 g/mol. The molecule has 0 aromatic heterocycles. The number of esters is 2. The minimum atomic E-state index is -0.642. The topological polar surface area (TPSA) is 76.4 Å². The van der Waals surface area contributed by atoms with Crippen LogP contribution in [-0.4, -0.2) is 24.6 Å². The fourth-order valence-electron chi connectivity index (χ4n) is 1.76. The highest BCUT2D eigenvalue weighted by molar-refractivity contribution is 5.75. The van der Waals surface area contributed by atoms with E-state index < -0.39 is 17.4 Å². The Balaban J connectivity index is 2.60. The number of rotatable bonds is 4. The Morgan fingerprint density at radius 3 is 2.84 bits per heavy atom. The summed E-state index contributed by atoms with van der Waals surface area (Å²) in [5, 5.41) is 9.06. The highest BCUT2D eigenvalue weighted by Gasteiger charge is 2.32. The quantitative estimate of drug-likeness (QED) is 0.730. The van der Waals surface area contributed by atoms with E-state index in [2.05, 4.69) is 6.07 Å². The maximum absolute atomic E-state index is 11.9. The van der Waals surface area contributed by atoms with Crippen LogP contribution in [0.1, 0.15) is 46.5 Å². The van der Waals surface area contributed by atoms with E-state index in [0.29, 0.717) is 25.7 Å². The molecule has 2 atom stereocenters. The summed E-state index contributed by atoms with van der Waals surface area (Å²) in [7, 11) is 0. The van der Waals surface area contributed by atoms with E-state index in [1.807, 2.05) is 6.92 Å². The molecule has 5 heteroatoms. The van der Waals surface area contributed by atoms with E-state index >= 15 is 0 Å². The van der Waals surface area contributed by atoms with E-state index in [9.17, 15) is 9.59 Å². The van der Waals surface area contributed by atoms with Crippen molar-refractivity contribution in [3.05, 3.63) is 0 Å². The van der Waals surface area contributed by atoms with Crippen LogP contribution >= 0.6 is 0 Å². The van der Waals surface area contributed by atoms with Crippen LogP contribution in [0.2, 0.25) is 0 Å². The minimum Gasteiger partial charge on any atom is -0.461 e. The Hall–Kier alpha value is -1.57. The first-order valence-corrected chi connectivity index (χ1v) is 6.67. The molecule has 1 unspecified atom stereocenters. The lowest BCUT2D eigenvalue weighted by Crippen LogP contribution is -2.33. The number of nitriles is 1. The predicted molar refractivity (Wildman–Crippen MR) is 67.9 cm³/mol. The SMILES string of the molecule is CCC(C)(C)C(=O)OC[C@@H]1OC(=O)CCCC1C#N. The fourth-order valence-corrected chi connectivity index (χ4v) is 1.76. The van der Waals surface area contributed by atoms with E-state index in [1.165, 1.54) is 0 Å². The van der Waals surface area contributed by atoms with Crippen LogP contribution in [0.15, 0.2) is 0 Å². The number of hydrogen-bond donors (Lipinski definition) is 0. The molecule has 1 heterocycles. The molecule has 0 bridgehead atoms. The largest absolute Gasteiger partial charge is 0.461 e. The van der Waals surface area contributed by atoms with Crippen molar-refractivity contribution in [3.63, 3.8) is 0 Å². The van der Waals surface area contributed by atoms with Gasteiger partial charge in [-0.05, 0) is 33.1 Å². The Bertz CT molecular complexity index is 383. The first-order chi connectivity index (χ1) is 8.90. The second kappa shape index (κ2) is 6.55. The molecule has 0 aromatic carbocycles. The average Bonchev–Trinajstić information content (AvgIpc) is 2.56. The molecule has 0 aliphatic carbocycles. The van der Waals surface area contributed by atoms with E-state index in [1.54, 1.807) is 13.8 Å². The van der Waals surface area contributed by atoms with Gasteiger partial charge < -0.3 is 9.47 Å². The van der Waals surface area contributed by atoms with Gasteiger partial charge in [-0.15, -0.1) is 0 Å². The van der Waals surface area contributed by atoms with Gasteiger partial charge in [0.2, 0.25) is 0 Å². The van der Waals surface area contributed by atoms with E-state index in [-0.39, 0.29) is 18.5 Å². The summed E-state index contributed by atoms with van der Waals surface area (Å²) in [5.74, 6) is -1.05. The minimum absolute atomic E-state index is 0.0355. The number of hydrogen-bond acceptors (Lipinski definition) is 5. The Labute approximate surface area is 113 Å². The Morgan fingerprint density at radius 2 is 2.26 bits per heavy atom. The molecule has 1 aliphatic rings. The van der Waals surface area contributed by atoms with Crippen LogP contribution in [0, 0.1) is 22.7 Å². The standard InChI is InChI=1S/C14H21NO4/c1-4-14(2,3)13(17)18-9-11-10(8-15)6-5-7-12(16)19-11/h10-11H,4-7,9H2,1-3H3/t10?,11-/m0/s1. The molecule has 0 spiro atoms. The van der Waals surface area contributed by atoms with Gasteiger partial charge in [-0.1, -0.05) is 6.92 Å². The zero-order valence-electron chi connectivity index (χ0n) is 11.8. The van der Waals surface area contributed by atoms with Crippen LogP contribution < -0.4 is 0 Å². The Morgan fingerprint density at radius 1 is 1.58 bits per heavy atom. The van der Waals surface area contributed by atoms with Crippen LogP contribution in [0.25, 0.3) is 0 Å². The second-order valence-corrected chi connectivity index (χ2v) is 5.49. The summed E-state index contributed by atoms with van der Waals surface area (Å²) in [4.78, 5) is 23.2. The van der Waals surface area contributed by atoms with Crippen molar-refractivity contribution in [3.8, 4) is 6.07 Å². The predicted octanol–water partition coefficient (Wildman–Crippen LogP) is 2.20. The van der Waals surface area contributed by atoms with Crippen LogP contribution in [0.5, 0.6) is 0 Å². The number of ether oxygens (including phenoxy) is 2. The summed E-state index contributed by atoms with van der Waals surface area (Å²) in [6.45, 7) is 5.48. The van der Waals surface area contributed by atoms with Gasteiger partial charge in [0.25, 0.3) is 0 Å². The highest BCUT2D eigenvalue weighted by atomic mass is 16.6. The maximum Gasteiger partial charge on any atom is 0.311 e. The third kappa shape index (κ3) is 4.23. The molecule has 1 aliphatic heterocycles. The molecular formula is C14H21NO4. The number of carbonyl (C=O) groups excluding carboxylic acids is 2. The molecule has 1 rings (SSSR count). The zero-order chi connectivity index (χ0) is 14.5. The summed E-state index contributed by atoms with van der Waals surface area (Å²) in [6, 6.07) is 2.12. The lowest BCUT2D eigenvalue weighted by Gasteiger charge is -2.24. The van der Waals surface area contributed by atoms with Gasteiger partial charge >= 0.3 is 11.9 Å². The van der Waals surface area contributed by atoms with Crippen molar-refractivity contribution >= 4 is 11.9 Å². The lowest BCUT2D eigenvalue weighted by atomic mass is 9.90. The van der Waals surface area contributed by atoms with Crippen molar-refractivity contribution in [1.29, 1.82) is 5.26 Å². The molecule has 0 amide bonds. The zero-order valence-corrected chi connectivity index (χ0v) is 11.8. The van der Waals surface area contributed by atoms with Gasteiger partial charge in [0.1, 0.15) is 6.61 Å². The summed E-state index contributed by atoms with van der Waals surface area (Å²) in [5.41, 5.74) is -0.559. The first kappa shape index (κ1) is 15.5. The number of carbonyl (C=O) groups is 2. The van der Waals surface area contributed by atoms with E-state index in [4.69, 9.17) is 14.7 Å². The van der Waals surface area contributed by atoms with Crippen molar-refractivity contribution in [2.24, 2.45) is 11.3 Å². The summed E-state index contributed by atoms with van der Waals surface area (Å²) in [6.07, 6.45) is 1.58. The lowest BCUT2D eigenvalue weighted by molar-refractivity contribution is -0.165. The van der Waals surface area contributed by atoms with Crippen molar-refractivity contribution < 1.29 is 19.1 Å². The number of nitrogens with zero attached hydrogens (tertiary/aromatic N) is 1. The third-order valence-corrected chi connectivity index (χ3v) is 3.61. The molecular weight excluding hydrogens is 246 g/mol. The van der Waals surface area contributed by atoms with Gasteiger partial charge in [0.15, 0.2) is 6.10 Å². The summed E-state index contributed by atoms with van der Waals surface area (Å²) >= 11 is 0. The molecule has 1 fully saturated rings. The smallest absolute Gasteiger partial charge is 0.311 e. The third-order valence-electron chi connectivity index (χ3n) is 3.61. The molecule has 0 aromatic rings. The van der Waals surface area contributed by atoms with Gasteiger partial charge in [-0.3, -0.25) is 9.59 Å². The van der Waals surface area contributed by atoms with Crippen molar-refractivity contribution in [2.75, 3.05) is 6.61 Å². The molecule has 106 valence electrons. The van der Waals surface area contributed by atoms with Crippen LogP contribution in [0.3, 0.4) is 0 Å². The van der Waals surface area contributed by atoms with Gasteiger partial charge in [0.05, 0.1) is 17.4 Å². The molecule has 0 saturated carbocycles. The first-order valence-electron chi connectivity index (χ1n) is 6.67. The molecule has 5 nitrogen and oxygen atoms in total. The van der Waals surface area contributed by atoms with Crippen LogP contribution in [-0.2, 0) is 19.1 Å². The molecule has 0 N–H and O–H groups in total. The number of cyclic esters (lactones) is 1. The van der Waals surface area contributed by atoms with Crippen molar-refractivity contribution in [2.45, 2.75) is 52.6 Å². The molecule has 1 saturated heterocycles. The van der Waals surface area contributed by atoms with Gasteiger partial charge in [-0.2, -0.15) is 5.26 Å². The van der Waals surface area contributed by atoms with Gasteiger partial charge in [0, 0.05) is 6.42 Å².